The number of hydrogen-bond acceptors (Lipinski definition) is 1. The van der Waals surface area contributed by atoms with E-state index < -0.39 is 10.8 Å². The molecule has 0 amide bonds. The topological polar surface area (TPSA) is 9.23 Å². The molecule has 2 aromatic rings. The molecule has 1 aliphatic carbocycles. The second kappa shape index (κ2) is 6.12. The lowest BCUT2D eigenvalue weighted by Crippen LogP contribution is -1.92. The van der Waals surface area contributed by atoms with Crippen molar-refractivity contribution in [2.24, 2.45) is 0 Å². The zero-order chi connectivity index (χ0) is 16.8. The molecule has 0 radical (unpaired) electrons. The summed E-state index contributed by atoms with van der Waals surface area (Å²) >= 11 is 18.8. The van der Waals surface area contributed by atoms with Gasteiger partial charge in [-0.3, -0.25) is 0 Å². The van der Waals surface area contributed by atoms with Crippen molar-refractivity contribution in [3.8, 4) is 5.75 Å². The average Bonchev–Trinajstić information content (AvgIpc) is 3.09. The van der Waals surface area contributed by atoms with Crippen molar-refractivity contribution in [2.75, 3.05) is 7.11 Å². The third-order valence-corrected chi connectivity index (χ3v) is 5.41. The van der Waals surface area contributed by atoms with Crippen LogP contribution in [0.15, 0.2) is 42.5 Å². The van der Waals surface area contributed by atoms with Crippen LogP contribution in [0.5, 0.6) is 5.75 Å². The summed E-state index contributed by atoms with van der Waals surface area (Å²) in [4.78, 5) is 0. The van der Waals surface area contributed by atoms with E-state index in [1.807, 2.05) is 24.3 Å². The van der Waals surface area contributed by atoms with Crippen LogP contribution < -0.4 is 4.74 Å². The Morgan fingerprint density at radius 1 is 1.00 bits per heavy atom. The zero-order valence-corrected chi connectivity index (χ0v) is 14.3. The van der Waals surface area contributed by atoms with Gasteiger partial charge < -0.3 is 4.74 Å². The summed E-state index contributed by atoms with van der Waals surface area (Å²) < 4.78 is 29.7. The molecule has 0 saturated heterocycles. The zero-order valence-electron chi connectivity index (χ0n) is 12.1. The minimum Gasteiger partial charge on any atom is -0.497 e. The molecule has 2 atom stereocenters. The number of halogens is 5. The van der Waals surface area contributed by atoms with Crippen LogP contribution in [0, 0.1) is 0 Å². The number of methoxy groups -OCH3 is 1. The Morgan fingerprint density at radius 3 is 2.09 bits per heavy atom. The lowest BCUT2D eigenvalue weighted by molar-refractivity contribution is 0.151. The fourth-order valence-corrected chi connectivity index (χ4v) is 4.03. The molecule has 3 rings (SSSR count). The molecule has 1 fully saturated rings. The third-order valence-electron chi connectivity index (χ3n) is 4.15. The van der Waals surface area contributed by atoms with Crippen LogP contribution in [0.2, 0.25) is 5.02 Å². The van der Waals surface area contributed by atoms with Gasteiger partial charge in [0.1, 0.15) is 10.1 Å². The molecule has 0 spiro atoms. The van der Waals surface area contributed by atoms with E-state index >= 15 is 0 Å². The summed E-state index contributed by atoms with van der Waals surface area (Å²) in [5, 5.41) is 0.0296. The van der Waals surface area contributed by atoms with Gasteiger partial charge in [-0.25, -0.2) is 8.78 Å². The summed E-state index contributed by atoms with van der Waals surface area (Å²) in [6.45, 7) is 0. The van der Waals surface area contributed by atoms with Gasteiger partial charge in [0.2, 0.25) is 0 Å². The standard InChI is InChI=1S/C17H13Cl3F2O/c1-23-11-5-2-9(3-6-11)14-15(17(14,19)20)10-4-7-12(16(21)22)13(18)8-10/h2-8,14-16H,1H3/t14-,15-/m1/s1. The predicted molar refractivity (Wildman–Crippen MR) is 89.3 cm³/mol. The second-order valence-corrected chi connectivity index (χ2v) is 7.34. The van der Waals surface area contributed by atoms with Crippen LogP contribution in [0.1, 0.15) is 35.0 Å². The predicted octanol–water partition coefficient (Wildman–Crippen LogP) is 6.34. The van der Waals surface area contributed by atoms with Crippen LogP contribution >= 0.6 is 34.8 Å². The number of rotatable bonds is 4. The van der Waals surface area contributed by atoms with Crippen LogP contribution in [-0.4, -0.2) is 11.4 Å². The summed E-state index contributed by atoms with van der Waals surface area (Å²) in [5.74, 6) is 0.429. The van der Waals surface area contributed by atoms with Crippen LogP contribution in [0.3, 0.4) is 0 Å². The molecule has 1 saturated carbocycles. The van der Waals surface area contributed by atoms with Gasteiger partial charge >= 0.3 is 0 Å². The van der Waals surface area contributed by atoms with Gasteiger partial charge in [0.05, 0.1) is 7.11 Å². The molecule has 0 heterocycles. The first kappa shape index (κ1) is 16.8. The summed E-state index contributed by atoms with van der Waals surface area (Å²) in [5.41, 5.74) is 1.53. The number of benzene rings is 2. The molecule has 0 unspecified atom stereocenters. The highest BCUT2D eigenvalue weighted by Crippen LogP contribution is 2.70. The number of ether oxygens (including phenoxy) is 1. The van der Waals surface area contributed by atoms with Crippen molar-refractivity contribution < 1.29 is 13.5 Å². The fraction of sp³-hybridized carbons (Fsp3) is 0.294. The SMILES string of the molecule is COc1ccc([C@@H]2[C@@H](c3ccc(C(F)F)c(Cl)c3)C2(Cl)Cl)cc1. The molecular formula is C17H13Cl3F2O. The van der Waals surface area contributed by atoms with Gasteiger partial charge in [-0.1, -0.05) is 35.9 Å². The first-order valence-corrected chi connectivity index (χ1v) is 8.09. The van der Waals surface area contributed by atoms with Crippen molar-refractivity contribution >= 4 is 34.8 Å². The Morgan fingerprint density at radius 2 is 1.57 bits per heavy atom. The van der Waals surface area contributed by atoms with Crippen LogP contribution in [0.25, 0.3) is 0 Å². The van der Waals surface area contributed by atoms with E-state index in [1.165, 1.54) is 12.1 Å². The van der Waals surface area contributed by atoms with E-state index in [0.717, 1.165) is 16.9 Å². The van der Waals surface area contributed by atoms with E-state index in [4.69, 9.17) is 39.5 Å². The highest BCUT2D eigenvalue weighted by atomic mass is 35.5. The van der Waals surface area contributed by atoms with Crippen molar-refractivity contribution in [1.82, 2.24) is 0 Å². The van der Waals surface area contributed by atoms with Crippen molar-refractivity contribution in [3.63, 3.8) is 0 Å². The third kappa shape index (κ3) is 3.02. The maximum atomic E-state index is 12.8. The van der Waals surface area contributed by atoms with Crippen LogP contribution in [0.4, 0.5) is 8.78 Å². The molecule has 1 nitrogen and oxygen atoms in total. The summed E-state index contributed by atoms with van der Waals surface area (Å²) in [6.07, 6.45) is -2.61. The Bertz CT molecular complexity index is 716. The van der Waals surface area contributed by atoms with Gasteiger partial charge in [-0.05, 0) is 29.3 Å². The van der Waals surface area contributed by atoms with E-state index in [0.29, 0.717) is 0 Å². The minimum absolute atomic E-state index is 0.0296. The number of hydrogen-bond donors (Lipinski definition) is 0. The molecule has 0 bridgehead atoms. The van der Waals surface area contributed by atoms with Gasteiger partial charge in [0, 0.05) is 22.4 Å². The maximum absolute atomic E-state index is 12.8. The molecule has 0 aliphatic heterocycles. The molecule has 23 heavy (non-hydrogen) atoms. The second-order valence-electron chi connectivity index (χ2n) is 5.48. The average molecular weight is 378 g/mol. The molecule has 122 valence electrons. The van der Waals surface area contributed by atoms with Crippen LogP contribution in [-0.2, 0) is 0 Å². The van der Waals surface area contributed by atoms with E-state index in [2.05, 4.69) is 0 Å². The summed E-state index contributed by atoms with van der Waals surface area (Å²) in [6, 6.07) is 11.9. The van der Waals surface area contributed by atoms with Crippen molar-refractivity contribution in [2.45, 2.75) is 22.6 Å². The normalized spacial score (nSPS) is 22.2. The first-order chi connectivity index (χ1) is 10.9. The van der Waals surface area contributed by atoms with Crippen molar-refractivity contribution in [1.29, 1.82) is 0 Å². The van der Waals surface area contributed by atoms with Gasteiger partial charge in [0.15, 0.2) is 0 Å². The molecule has 6 heteroatoms. The molecule has 0 N–H and O–H groups in total. The highest BCUT2D eigenvalue weighted by molar-refractivity contribution is 6.52. The maximum Gasteiger partial charge on any atom is 0.265 e. The van der Waals surface area contributed by atoms with E-state index in [1.54, 1.807) is 13.2 Å². The summed E-state index contributed by atoms with van der Waals surface area (Å²) in [7, 11) is 1.59. The molecule has 2 aromatic carbocycles. The molecule has 1 aliphatic rings. The smallest absolute Gasteiger partial charge is 0.265 e. The quantitative estimate of drug-likeness (QED) is 0.565. The van der Waals surface area contributed by atoms with Gasteiger partial charge in [-0.2, -0.15) is 0 Å². The van der Waals surface area contributed by atoms with E-state index in [9.17, 15) is 8.78 Å². The fourth-order valence-electron chi connectivity index (χ4n) is 2.88. The Hall–Kier alpha value is -1.03. The van der Waals surface area contributed by atoms with Crippen molar-refractivity contribution in [3.05, 3.63) is 64.2 Å². The lowest BCUT2D eigenvalue weighted by Gasteiger charge is -2.06. The lowest BCUT2D eigenvalue weighted by atomic mass is 10.0. The van der Waals surface area contributed by atoms with E-state index in [-0.39, 0.29) is 22.4 Å². The Labute approximate surface area is 148 Å². The van der Waals surface area contributed by atoms with Gasteiger partial charge in [-0.15, -0.1) is 23.2 Å². The highest BCUT2D eigenvalue weighted by Gasteiger charge is 2.64. The minimum atomic E-state index is -2.61. The largest absolute Gasteiger partial charge is 0.497 e. The first-order valence-electron chi connectivity index (χ1n) is 6.95. The molecule has 0 aromatic heterocycles. The number of alkyl halides is 4. The Balaban J connectivity index is 1.89. The Kier molecular flexibility index (Phi) is 4.47. The monoisotopic (exact) mass is 376 g/mol. The van der Waals surface area contributed by atoms with Gasteiger partial charge in [0.25, 0.3) is 6.43 Å². The molecular weight excluding hydrogens is 365 g/mol.